The topological polar surface area (TPSA) is 40.5 Å². The summed E-state index contributed by atoms with van der Waals surface area (Å²) in [6.45, 7) is 3.15. The van der Waals surface area contributed by atoms with Crippen LogP contribution in [-0.4, -0.2) is 28.6 Å². The summed E-state index contributed by atoms with van der Waals surface area (Å²) in [6.07, 6.45) is 1.61. The molecule has 0 radical (unpaired) electrons. The van der Waals surface area contributed by atoms with Gasteiger partial charge in [-0.1, -0.05) is 25.1 Å². The van der Waals surface area contributed by atoms with E-state index in [1.807, 2.05) is 4.90 Å². The van der Waals surface area contributed by atoms with Crippen LogP contribution in [0.15, 0.2) is 24.3 Å². The van der Waals surface area contributed by atoms with Crippen LogP contribution in [0, 0.1) is 11.7 Å². The second-order valence-electron chi connectivity index (χ2n) is 5.05. The summed E-state index contributed by atoms with van der Waals surface area (Å²) in [5.74, 6) is -0.652. The fourth-order valence-corrected chi connectivity index (χ4v) is 2.48. The van der Waals surface area contributed by atoms with Crippen LogP contribution < -0.4 is 0 Å². The standard InChI is InChI=1S/C14H18FNO2/c1-10-6-7-16(13(8-10)14(17)18)9-11-4-2-3-5-12(11)15/h2-5,10,13H,6-9H2,1H3,(H,17,18)/t10-,13-/m0/s1. The molecule has 1 saturated heterocycles. The molecular weight excluding hydrogens is 233 g/mol. The Morgan fingerprint density at radius 3 is 2.89 bits per heavy atom. The molecule has 2 rings (SSSR count). The summed E-state index contributed by atoms with van der Waals surface area (Å²) >= 11 is 0. The summed E-state index contributed by atoms with van der Waals surface area (Å²) in [6, 6.07) is 6.06. The van der Waals surface area contributed by atoms with Gasteiger partial charge >= 0.3 is 5.97 Å². The molecule has 18 heavy (non-hydrogen) atoms. The number of hydrogen-bond acceptors (Lipinski definition) is 2. The lowest BCUT2D eigenvalue weighted by atomic mass is 9.92. The van der Waals surface area contributed by atoms with Gasteiger partial charge in [-0.3, -0.25) is 9.69 Å². The summed E-state index contributed by atoms with van der Waals surface area (Å²) in [5.41, 5.74) is 0.568. The van der Waals surface area contributed by atoms with Crippen LogP contribution in [0.2, 0.25) is 0 Å². The molecule has 1 aromatic rings. The smallest absolute Gasteiger partial charge is 0.320 e. The third kappa shape index (κ3) is 2.88. The van der Waals surface area contributed by atoms with Crippen LogP contribution in [0.5, 0.6) is 0 Å². The Balaban J connectivity index is 2.12. The first-order chi connectivity index (χ1) is 8.58. The molecule has 1 fully saturated rings. The number of nitrogens with zero attached hydrogens (tertiary/aromatic N) is 1. The Hall–Kier alpha value is -1.42. The lowest BCUT2D eigenvalue weighted by Crippen LogP contribution is -2.46. The van der Waals surface area contributed by atoms with Crippen molar-refractivity contribution in [2.45, 2.75) is 32.4 Å². The quantitative estimate of drug-likeness (QED) is 0.897. The summed E-state index contributed by atoms with van der Waals surface area (Å²) in [4.78, 5) is 13.1. The first-order valence-electron chi connectivity index (χ1n) is 6.28. The number of aliphatic carboxylic acids is 1. The molecule has 0 aliphatic carbocycles. The van der Waals surface area contributed by atoms with E-state index in [2.05, 4.69) is 6.92 Å². The molecule has 98 valence electrons. The van der Waals surface area contributed by atoms with Crippen molar-refractivity contribution in [2.75, 3.05) is 6.54 Å². The highest BCUT2D eigenvalue weighted by Gasteiger charge is 2.31. The number of carboxylic acids is 1. The van der Waals surface area contributed by atoms with Crippen molar-refractivity contribution < 1.29 is 14.3 Å². The summed E-state index contributed by atoms with van der Waals surface area (Å²) in [5, 5.41) is 9.24. The molecule has 0 aromatic heterocycles. The minimum absolute atomic E-state index is 0.264. The van der Waals surface area contributed by atoms with Gasteiger partial charge in [0.1, 0.15) is 11.9 Å². The third-order valence-corrected chi connectivity index (χ3v) is 3.59. The van der Waals surface area contributed by atoms with Gasteiger partial charge in [-0.2, -0.15) is 0 Å². The van der Waals surface area contributed by atoms with E-state index in [0.29, 0.717) is 31.0 Å². The lowest BCUT2D eigenvalue weighted by molar-refractivity contribution is -0.145. The highest BCUT2D eigenvalue weighted by Crippen LogP contribution is 2.24. The largest absolute Gasteiger partial charge is 0.480 e. The zero-order chi connectivity index (χ0) is 13.1. The van der Waals surface area contributed by atoms with Gasteiger partial charge in [0, 0.05) is 12.1 Å². The van der Waals surface area contributed by atoms with Crippen LogP contribution in [-0.2, 0) is 11.3 Å². The second-order valence-corrected chi connectivity index (χ2v) is 5.05. The molecule has 2 atom stereocenters. The molecule has 1 aromatic carbocycles. The van der Waals surface area contributed by atoms with Gasteiger partial charge in [0.05, 0.1) is 0 Å². The number of piperidine rings is 1. The van der Waals surface area contributed by atoms with Crippen LogP contribution >= 0.6 is 0 Å². The van der Waals surface area contributed by atoms with E-state index in [-0.39, 0.29) is 5.82 Å². The molecule has 1 N–H and O–H groups in total. The van der Waals surface area contributed by atoms with Crippen molar-refractivity contribution in [3.63, 3.8) is 0 Å². The number of rotatable bonds is 3. The Kier molecular flexibility index (Phi) is 3.97. The van der Waals surface area contributed by atoms with E-state index >= 15 is 0 Å². The summed E-state index contributed by atoms with van der Waals surface area (Å²) < 4.78 is 13.6. The average molecular weight is 251 g/mol. The molecule has 0 spiro atoms. The third-order valence-electron chi connectivity index (χ3n) is 3.59. The van der Waals surface area contributed by atoms with Crippen molar-refractivity contribution in [2.24, 2.45) is 5.92 Å². The SMILES string of the molecule is C[C@H]1CCN(Cc2ccccc2F)[C@H](C(=O)O)C1. The number of carboxylic acid groups (broad SMARTS) is 1. The maximum atomic E-state index is 13.6. The fourth-order valence-electron chi connectivity index (χ4n) is 2.48. The zero-order valence-electron chi connectivity index (χ0n) is 10.5. The van der Waals surface area contributed by atoms with Gasteiger partial charge in [-0.25, -0.2) is 4.39 Å². The molecular formula is C14H18FNO2. The summed E-state index contributed by atoms with van der Waals surface area (Å²) in [7, 11) is 0. The molecule has 1 aliphatic rings. The minimum Gasteiger partial charge on any atom is -0.480 e. The fraction of sp³-hybridized carbons (Fsp3) is 0.500. The molecule has 0 unspecified atom stereocenters. The molecule has 0 saturated carbocycles. The van der Waals surface area contributed by atoms with Gasteiger partial charge in [-0.15, -0.1) is 0 Å². The Morgan fingerprint density at radius 1 is 1.50 bits per heavy atom. The van der Waals surface area contributed by atoms with Crippen LogP contribution in [0.3, 0.4) is 0 Å². The van der Waals surface area contributed by atoms with E-state index in [4.69, 9.17) is 0 Å². The number of carbonyl (C=O) groups is 1. The predicted molar refractivity (Wildman–Crippen MR) is 66.6 cm³/mol. The maximum absolute atomic E-state index is 13.6. The molecule has 0 amide bonds. The van der Waals surface area contributed by atoms with Crippen molar-refractivity contribution in [1.82, 2.24) is 4.90 Å². The molecule has 1 heterocycles. The van der Waals surface area contributed by atoms with Gasteiger partial charge in [0.2, 0.25) is 0 Å². The van der Waals surface area contributed by atoms with Gasteiger partial charge in [0.15, 0.2) is 0 Å². The Labute approximate surface area is 106 Å². The highest BCUT2D eigenvalue weighted by atomic mass is 19.1. The van der Waals surface area contributed by atoms with Crippen LogP contribution in [0.25, 0.3) is 0 Å². The van der Waals surface area contributed by atoms with Crippen molar-refractivity contribution in [3.8, 4) is 0 Å². The first kappa shape index (κ1) is 13.0. The van der Waals surface area contributed by atoms with Gasteiger partial charge in [0.25, 0.3) is 0 Å². The van der Waals surface area contributed by atoms with Gasteiger partial charge in [-0.05, 0) is 31.4 Å². The minimum atomic E-state index is -0.808. The van der Waals surface area contributed by atoms with Crippen molar-refractivity contribution in [1.29, 1.82) is 0 Å². The van der Waals surface area contributed by atoms with E-state index in [9.17, 15) is 14.3 Å². The normalized spacial score (nSPS) is 25.0. The molecule has 1 aliphatic heterocycles. The zero-order valence-corrected chi connectivity index (χ0v) is 10.5. The average Bonchev–Trinajstić information content (AvgIpc) is 2.34. The highest BCUT2D eigenvalue weighted by molar-refractivity contribution is 5.73. The molecule has 3 nitrogen and oxygen atoms in total. The number of likely N-dealkylation sites (tertiary alicyclic amines) is 1. The van der Waals surface area contributed by atoms with E-state index in [1.54, 1.807) is 18.2 Å². The van der Waals surface area contributed by atoms with E-state index in [0.717, 1.165) is 6.42 Å². The first-order valence-corrected chi connectivity index (χ1v) is 6.28. The Morgan fingerprint density at radius 2 is 2.22 bits per heavy atom. The number of halogens is 1. The molecule has 0 bridgehead atoms. The van der Waals surface area contributed by atoms with Crippen molar-refractivity contribution >= 4 is 5.97 Å². The predicted octanol–water partition coefficient (Wildman–Crippen LogP) is 2.51. The van der Waals surface area contributed by atoms with Crippen LogP contribution in [0.4, 0.5) is 4.39 Å². The lowest BCUT2D eigenvalue weighted by Gasteiger charge is -2.36. The van der Waals surface area contributed by atoms with Crippen LogP contribution in [0.1, 0.15) is 25.3 Å². The van der Waals surface area contributed by atoms with Gasteiger partial charge < -0.3 is 5.11 Å². The van der Waals surface area contributed by atoms with E-state index < -0.39 is 12.0 Å². The number of benzene rings is 1. The monoisotopic (exact) mass is 251 g/mol. The second kappa shape index (κ2) is 5.48. The number of hydrogen-bond donors (Lipinski definition) is 1. The van der Waals surface area contributed by atoms with E-state index in [1.165, 1.54) is 6.07 Å². The Bertz CT molecular complexity index is 436. The van der Waals surface area contributed by atoms with Crippen molar-refractivity contribution in [3.05, 3.63) is 35.6 Å². The molecule has 4 heteroatoms. The maximum Gasteiger partial charge on any atom is 0.320 e.